The number of ether oxygens (including phenoxy) is 2. The van der Waals surface area contributed by atoms with Crippen LogP contribution in [-0.4, -0.2) is 60.7 Å². The molecule has 4 rings (SSSR count). The molecule has 1 aromatic carbocycles. The van der Waals surface area contributed by atoms with Crippen LogP contribution < -0.4 is 15.6 Å². The molecule has 0 radical (unpaired) electrons. The summed E-state index contributed by atoms with van der Waals surface area (Å²) in [5, 5.41) is 23.1. The number of carbonyl (C=O) groups is 1. The van der Waals surface area contributed by atoms with Crippen LogP contribution >= 0.6 is 0 Å². The van der Waals surface area contributed by atoms with Gasteiger partial charge in [-0.25, -0.2) is 14.8 Å². The second-order valence-corrected chi connectivity index (χ2v) is 6.19. The van der Waals surface area contributed by atoms with Crippen LogP contribution in [0.5, 0.6) is 5.75 Å². The molecule has 0 saturated carbocycles. The number of aliphatic hydroxyl groups is 2. The molecule has 4 atom stereocenters. The molecule has 0 spiro atoms. The van der Waals surface area contributed by atoms with E-state index in [9.17, 15) is 19.8 Å². The van der Waals surface area contributed by atoms with E-state index < -0.39 is 36.2 Å². The summed E-state index contributed by atoms with van der Waals surface area (Å²) in [6, 6.07) is 8.49. The first-order valence-electron chi connectivity index (χ1n) is 8.47. The predicted molar refractivity (Wildman–Crippen MR) is 94.5 cm³/mol. The highest BCUT2D eigenvalue weighted by atomic mass is 16.6. The lowest BCUT2D eigenvalue weighted by Crippen LogP contribution is -2.40. The quantitative estimate of drug-likeness (QED) is 0.469. The fraction of sp³-hybridized carbons (Fsp3) is 0.294. The Morgan fingerprint density at radius 1 is 1.25 bits per heavy atom. The number of rotatable bonds is 4. The molecule has 0 aliphatic carbocycles. The van der Waals surface area contributed by atoms with Crippen molar-refractivity contribution in [3.8, 4) is 5.75 Å². The van der Waals surface area contributed by atoms with E-state index in [-0.39, 0.29) is 17.7 Å². The summed E-state index contributed by atoms with van der Waals surface area (Å²) in [7, 11) is 0. The predicted octanol–water partition coefficient (Wildman–Crippen LogP) is -0.473. The van der Waals surface area contributed by atoms with Crippen LogP contribution in [0.4, 0.5) is 4.79 Å². The number of benzene rings is 1. The van der Waals surface area contributed by atoms with Crippen LogP contribution in [0, 0.1) is 0 Å². The zero-order valence-corrected chi connectivity index (χ0v) is 14.4. The second kappa shape index (κ2) is 7.38. The number of nitrogens with zero attached hydrogens (tertiary/aromatic N) is 3. The molecule has 3 heterocycles. The SMILES string of the molecule is O=C(NCC1OC(n2cnc3c(=O)[nH]cnc32)C(O)C1O)Oc1ccccc1. The van der Waals surface area contributed by atoms with Crippen molar-refractivity contribution in [1.29, 1.82) is 0 Å². The highest BCUT2D eigenvalue weighted by molar-refractivity contribution is 5.70. The first-order chi connectivity index (χ1) is 13.5. The third-order valence-electron chi connectivity index (χ3n) is 4.38. The van der Waals surface area contributed by atoms with Gasteiger partial charge in [0.1, 0.15) is 24.1 Å². The van der Waals surface area contributed by atoms with Crippen LogP contribution in [0.15, 0.2) is 47.8 Å². The molecular weight excluding hydrogens is 370 g/mol. The van der Waals surface area contributed by atoms with Crippen molar-refractivity contribution in [3.05, 3.63) is 53.3 Å². The maximum Gasteiger partial charge on any atom is 0.412 e. The summed E-state index contributed by atoms with van der Waals surface area (Å²) in [6.07, 6.45) is -2.72. The van der Waals surface area contributed by atoms with Crippen molar-refractivity contribution >= 4 is 17.3 Å². The third-order valence-corrected chi connectivity index (χ3v) is 4.38. The number of hydrogen-bond donors (Lipinski definition) is 4. The summed E-state index contributed by atoms with van der Waals surface area (Å²) in [6.45, 7) is -0.0962. The number of carbonyl (C=O) groups excluding carboxylic acids is 1. The molecule has 2 aromatic heterocycles. The number of hydrogen-bond acceptors (Lipinski definition) is 8. The second-order valence-electron chi connectivity index (χ2n) is 6.19. The normalized spacial score (nSPS) is 24.4. The molecule has 0 bridgehead atoms. The number of aromatic nitrogens is 4. The minimum Gasteiger partial charge on any atom is -0.410 e. The van der Waals surface area contributed by atoms with Gasteiger partial charge in [0.15, 0.2) is 17.4 Å². The average molecular weight is 387 g/mol. The fourth-order valence-corrected chi connectivity index (χ4v) is 2.99. The number of H-pyrrole nitrogens is 1. The zero-order chi connectivity index (χ0) is 19.7. The molecule has 1 aliphatic heterocycles. The Hall–Kier alpha value is -3.28. The summed E-state index contributed by atoms with van der Waals surface area (Å²) >= 11 is 0. The number of amides is 1. The van der Waals surface area contributed by atoms with Crippen LogP contribution in [-0.2, 0) is 4.74 Å². The Balaban J connectivity index is 1.43. The Kier molecular flexibility index (Phi) is 4.77. The molecule has 1 aliphatic rings. The van der Waals surface area contributed by atoms with E-state index >= 15 is 0 Å². The Bertz CT molecular complexity index is 1040. The number of aromatic amines is 1. The molecule has 4 unspecified atom stereocenters. The minimum atomic E-state index is -1.31. The van der Waals surface area contributed by atoms with Crippen molar-refractivity contribution < 1.29 is 24.5 Å². The third kappa shape index (κ3) is 3.33. The largest absolute Gasteiger partial charge is 0.412 e. The van der Waals surface area contributed by atoms with Gasteiger partial charge in [0.25, 0.3) is 5.56 Å². The smallest absolute Gasteiger partial charge is 0.410 e. The Labute approximate surface area is 157 Å². The molecule has 1 saturated heterocycles. The minimum absolute atomic E-state index is 0.0841. The molecule has 1 fully saturated rings. The maximum absolute atomic E-state index is 11.9. The summed E-state index contributed by atoms with van der Waals surface area (Å²) < 4.78 is 12.1. The molecule has 28 heavy (non-hydrogen) atoms. The van der Waals surface area contributed by atoms with Crippen molar-refractivity contribution in [2.75, 3.05) is 6.54 Å². The van der Waals surface area contributed by atoms with Gasteiger partial charge in [-0.1, -0.05) is 18.2 Å². The number of nitrogens with one attached hydrogen (secondary N) is 2. The van der Waals surface area contributed by atoms with Gasteiger partial charge in [0.05, 0.1) is 12.7 Å². The highest BCUT2D eigenvalue weighted by Gasteiger charge is 2.44. The van der Waals surface area contributed by atoms with Gasteiger partial charge in [-0.2, -0.15) is 0 Å². The van der Waals surface area contributed by atoms with Crippen LogP contribution in [0.3, 0.4) is 0 Å². The van der Waals surface area contributed by atoms with Crippen molar-refractivity contribution in [2.24, 2.45) is 0 Å². The van der Waals surface area contributed by atoms with Gasteiger partial charge >= 0.3 is 6.09 Å². The lowest BCUT2D eigenvalue weighted by Gasteiger charge is -2.16. The molecule has 3 aromatic rings. The first kappa shape index (κ1) is 18.1. The van der Waals surface area contributed by atoms with Crippen LogP contribution in [0.25, 0.3) is 11.2 Å². The van der Waals surface area contributed by atoms with Gasteiger partial charge in [0.2, 0.25) is 0 Å². The first-order valence-corrected chi connectivity index (χ1v) is 8.47. The lowest BCUT2D eigenvalue weighted by atomic mass is 10.1. The molecule has 11 heteroatoms. The Morgan fingerprint density at radius 3 is 2.82 bits per heavy atom. The van der Waals surface area contributed by atoms with Gasteiger partial charge in [-0.3, -0.25) is 9.36 Å². The molecule has 11 nitrogen and oxygen atoms in total. The van der Waals surface area contributed by atoms with Gasteiger partial charge in [-0.05, 0) is 12.1 Å². The van der Waals surface area contributed by atoms with E-state index in [0.717, 1.165) is 0 Å². The highest BCUT2D eigenvalue weighted by Crippen LogP contribution is 2.30. The number of aliphatic hydroxyl groups excluding tert-OH is 2. The van der Waals surface area contributed by atoms with Gasteiger partial charge in [-0.15, -0.1) is 0 Å². The lowest BCUT2D eigenvalue weighted by molar-refractivity contribution is -0.0337. The number of para-hydroxylation sites is 1. The number of imidazole rings is 1. The Morgan fingerprint density at radius 2 is 2.04 bits per heavy atom. The van der Waals surface area contributed by atoms with Gasteiger partial charge < -0.3 is 30.0 Å². The van der Waals surface area contributed by atoms with Gasteiger partial charge in [0, 0.05) is 6.54 Å². The van der Waals surface area contributed by atoms with E-state index in [0.29, 0.717) is 5.75 Å². The van der Waals surface area contributed by atoms with E-state index in [4.69, 9.17) is 9.47 Å². The monoisotopic (exact) mass is 387 g/mol. The topological polar surface area (TPSA) is 152 Å². The zero-order valence-electron chi connectivity index (χ0n) is 14.4. The van der Waals surface area contributed by atoms with E-state index in [1.54, 1.807) is 30.3 Å². The average Bonchev–Trinajstić information content (AvgIpc) is 3.24. The molecular formula is C17H17N5O6. The van der Waals surface area contributed by atoms with Crippen molar-refractivity contribution in [3.63, 3.8) is 0 Å². The fourth-order valence-electron chi connectivity index (χ4n) is 2.99. The van der Waals surface area contributed by atoms with Crippen molar-refractivity contribution in [2.45, 2.75) is 24.5 Å². The summed E-state index contributed by atoms with van der Waals surface area (Å²) in [5.74, 6) is 0.368. The van der Waals surface area contributed by atoms with E-state index in [2.05, 4.69) is 20.3 Å². The maximum atomic E-state index is 11.9. The van der Waals surface area contributed by atoms with Crippen LogP contribution in [0.2, 0.25) is 0 Å². The molecule has 146 valence electrons. The summed E-state index contributed by atoms with van der Waals surface area (Å²) in [5.41, 5.74) is -0.142. The standard InChI is InChI=1S/C17H17N5O6/c23-12-10(6-18-17(26)27-9-4-2-1-3-5-9)28-16(13(12)24)22-8-21-11-14(22)19-7-20-15(11)25/h1-5,7-8,10,12-13,16,23-24H,6H2,(H,18,26)(H,19,20,25). The van der Waals surface area contributed by atoms with E-state index in [1.165, 1.54) is 17.2 Å². The summed E-state index contributed by atoms with van der Waals surface area (Å²) in [4.78, 5) is 34.0. The van der Waals surface area contributed by atoms with E-state index in [1.807, 2.05) is 0 Å². The van der Waals surface area contributed by atoms with Crippen molar-refractivity contribution in [1.82, 2.24) is 24.8 Å². The number of fused-ring (bicyclic) bond motifs is 1. The molecule has 1 amide bonds. The molecule has 4 N–H and O–H groups in total. The van der Waals surface area contributed by atoms with Crippen LogP contribution in [0.1, 0.15) is 6.23 Å².